The number of carbonyl (C=O) groups is 1. The highest BCUT2D eigenvalue weighted by Gasteiger charge is 2.57. The minimum atomic E-state index is -5.83. The molecule has 1 spiro atoms. The number of hydrogen-bond donors (Lipinski definition) is 0. The molecule has 0 bridgehead atoms. The molecule has 0 aromatic rings. The first-order valence-electron chi connectivity index (χ1n) is 7.42. The number of halogens is 3. The molecule has 1 aliphatic carbocycles. The number of allylic oxidation sites excluding steroid dienone is 2. The summed E-state index contributed by atoms with van der Waals surface area (Å²) in [5.74, 6) is 0. The van der Waals surface area contributed by atoms with Crippen LogP contribution >= 0.6 is 0 Å². The third-order valence-corrected chi connectivity index (χ3v) is 5.00. The summed E-state index contributed by atoms with van der Waals surface area (Å²) >= 11 is 0. The molecule has 1 atom stereocenters. The average molecular weight is 371 g/mol. The molecule has 0 aromatic heterocycles. The van der Waals surface area contributed by atoms with Gasteiger partial charge in [0.05, 0.1) is 0 Å². The van der Waals surface area contributed by atoms with E-state index >= 15 is 0 Å². The van der Waals surface area contributed by atoms with Crippen LogP contribution < -0.4 is 0 Å². The second-order valence-corrected chi connectivity index (χ2v) is 8.58. The third kappa shape index (κ3) is 3.69. The van der Waals surface area contributed by atoms with E-state index in [1.807, 2.05) is 0 Å². The van der Waals surface area contributed by atoms with E-state index in [2.05, 4.69) is 4.18 Å². The maximum Gasteiger partial charge on any atom is 0.523 e. The van der Waals surface area contributed by atoms with E-state index in [0.29, 0.717) is 19.3 Å². The predicted octanol–water partition coefficient (Wildman–Crippen LogP) is 3.16. The zero-order valence-corrected chi connectivity index (χ0v) is 14.4. The largest absolute Gasteiger partial charge is 0.523 e. The van der Waals surface area contributed by atoms with E-state index in [9.17, 15) is 26.4 Å². The average Bonchev–Trinajstić information content (AvgIpc) is 2.96. The van der Waals surface area contributed by atoms with Crippen LogP contribution in [0.2, 0.25) is 0 Å². The second kappa shape index (κ2) is 5.91. The Kier molecular flexibility index (Phi) is 4.68. The quantitative estimate of drug-likeness (QED) is 0.424. The van der Waals surface area contributed by atoms with Gasteiger partial charge in [-0.25, -0.2) is 8.98 Å². The SMILES string of the molecule is CC(C)(C)OC(=O)N1CCC2(CC=CC2)C1OS(=O)(=O)C(F)(F)F. The van der Waals surface area contributed by atoms with Crippen molar-refractivity contribution in [1.29, 1.82) is 0 Å². The summed E-state index contributed by atoms with van der Waals surface area (Å²) in [6.07, 6.45) is 2.05. The van der Waals surface area contributed by atoms with Crippen molar-refractivity contribution in [3.8, 4) is 0 Å². The molecule has 24 heavy (non-hydrogen) atoms. The molecule has 6 nitrogen and oxygen atoms in total. The molecule has 0 radical (unpaired) electrons. The van der Waals surface area contributed by atoms with Crippen molar-refractivity contribution in [1.82, 2.24) is 4.90 Å². The summed E-state index contributed by atoms with van der Waals surface area (Å²) in [6.45, 7) is 4.89. The Hall–Kier alpha value is -1.29. The molecule has 1 amide bonds. The van der Waals surface area contributed by atoms with Crippen LogP contribution in [0.15, 0.2) is 12.2 Å². The van der Waals surface area contributed by atoms with Gasteiger partial charge in [-0.2, -0.15) is 21.6 Å². The maximum absolute atomic E-state index is 12.7. The fraction of sp³-hybridized carbons (Fsp3) is 0.786. The Labute approximate surface area is 138 Å². The van der Waals surface area contributed by atoms with Crippen LogP contribution in [0, 0.1) is 5.41 Å². The Morgan fingerprint density at radius 3 is 2.21 bits per heavy atom. The smallest absolute Gasteiger partial charge is 0.444 e. The highest BCUT2D eigenvalue weighted by atomic mass is 32.2. The molecule has 1 aliphatic heterocycles. The van der Waals surface area contributed by atoms with Crippen LogP contribution in [0.25, 0.3) is 0 Å². The van der Waals surface area contributed by atoms with Gasteiger partial charge in [-0.05, 0) is 40.0 Å². The molecule has 2 rings (SSSR count). The summed E-state index contributed by atoms with van der Waals surface area (Å²) < 4.78 is 70.7. The van der Waals surface area contributed by atoms with E-state index in [-0.39, 0.29) is 6.54 Å². The Bertz CT molecular complexity index is 628. The van der Waals surface area contributed by atoms with Gasteiger partial charge >= 0.3 is 21.7 Å². The standard InChI is InChI=1S/C14H20F3NO5S/c1-12(2,3)22-11(19)18-9-8-13(6-4-5-7-13)10(18)23-24(20,21)14(15,16)17/h4-5,10H,6-9H2,1-3H3. The summed E-state index contributed by atoms with van der Waals surface area (Å²) in [5, 5.41) is 0. The van der Waals surface area contributed by atoms with Crippen LogP contribution in [0.4, 0.5) is 18.0 Å². The van der Waals surface area contributed by atoms with Gasteiger partial charge in [0.15, 0.2) is 6.23 Å². The minimum absolute atomic E-state index is 0.0641. The summed E-state index contributed by atoms with van der Waals surface area (Å²) in [6, 6.07) is 0. The molecule has 1 heterocycles. The highest BCUT2D eigenvalue weighted by molar-refractivity contribution is 7.87. The van der Waals surface area contributed by atoms with Crippen molar-refractivity contribution in [3.63, 3.8) is 0 Å². The van der Waals surface area contributed by atoms with Crippen molar-refractivity contribution < 1.29 is 35.3 Å². The van der Waals surface area contributed by atoms with Crippen molar-refractivity contribution in [2.75, 3.05) is 6.54 Å². The highest BCUT2D eigenvalue weighted by Crippen LogP contribution is 2.49. The van der Waals surface area contributed by atoms with Crippen LogP contribution in [0.5, 0.6) is 0 Å². The monoisotopic (exact) mass is 371 g/mol. The van der Waals surface area contributed by atoms with Gasteiger partial charge in [-0.1, -0.05) is 12.2 Å². The lowest BCUT2D eigenvalue weighted by atomic mass is 9.83. The van der Waals surface area contributed by atoms with Gasteiger partial charge in [0, 0.05) is 12.0 Å². The van der Waals surface area contributed by atoms with Gasteiger partial charge in [-0.3, -0.25) is 4.90 Å². The molecule has 0 saturated carbocycles. The predicted molar refractivity (Wildman–Crippen MR) is 78.2 cm³/mol. The normalized spacial score (nSPS) is 23.9. The lowest BCUT2D eigenvalue weighted by molar-refractivity contribution is -0.0777. The number of nitrogens with zero attached hydrogens (tertiary/aromatic N) is 1. The van der Waals surface area contributed by atoms with E-state index < -0.39 is 39.0 Å². The number of rotatable bonds is 2. The Morgan fingerprint density at radius 1 is 1.21 bits per heavy atom. The maximum atomic E-state index is 12.7. The van der Waals surface area contributed by atoms with Gasteiger partial charge < -0.3 is 4.74 Å². The zero-order chi connectivity index (χ0) is 18.4. The molecule has 1 saturated heterocycles. The molecular formula is C14H20F3NO5S. The number of carbonyl (C=O) groups excluding carboxylic acids is 1. The van der Waals surface area contributed by atoms with Crippen molar-refractivity contribution in [2.24, 2.45) is 5.41 Å². The van der Waals surface area contributed by atoms with Crippen LogP contribution in [-0.2, 0) is 19.0 Å². The zero-order valence-electron chi connectivity index (χ0n) is 13.6. The van der Waals surface area contributed by atoms with Crippen molar-refractivity contribution in [2.45, 2.75) is 57.4 Å². The van der Waals surface area contributed by atoms with Crippen molar-refractivity contribution >= 4 is 16.2 Å². The fourth-order valence-electron chi connectivity index (χ4n) is 2.88. The Balaban J connectivity index is 2.30. The molecule has 1 fully saturated rings. The molecule has 1 unspecified atom stereocenters. The van der Waals surface area contributed by atoms with Gasteiger partial charge in [-0.15, -0.1) is 0 Å². The summed E-state index contributed by atoms with van der Waals surface area (Å²) in [5.41, 5.74) is -7.30. The fourth-order valence-corrected chi connectivity index (χ4v) is 3.53. The first-order valence-corrected chi connectivity index (χ1v) is 8.82. The number of ether oxygens (including phenoxy) is 1. The molecule has 0 aromatic carbocycles. The molecule has 0 N–H and O–H groups in total. The van der Waals surface area contributed by atoms with Crippen LogP contribution in [0.3, 0.4) is 0 Å². The second-order valence-electron chi connectivity index (χ2n) is 7.01. The number of likely N-dealkylation sites (tertiary alicyclic amines) is 1. The van der Waals surface area contributed by atoms with Crippen LogP contribution in [0.1, 0.15) is 40.0 Å². The minimum Gasteiger partial charge on any atom is -0.444 e. The molecular weight excluding hydrogens is 351 g/mol. The van der Waals surface area contributed by atoms with E-state index in [0.717, 1.165) is 4.90 Å². The third-order valence-electron chi connectivity index (χ3n) is 4.00. The van der Waals surface area contributed by atoms with Gasteiger partial charge in [0.25, 0.3) is 0 Å². The Morgan fingerprint density at radius 2 is 1.75 bits per heavy atom. The molecule has 138 valence electrons. The van der Waals surface area contributed by atoms with E-state index in [1.54, 1.807) is 32.9 Å². The van der Waals surface area contributed by atoms with Gasteiger partial charge in [0.1, 0.15) is 5.60 Å². The lowest BCUT2D eigenvalue weighted by Gasteiger charge is -2.34. The summed E-state index contributed by atoms with van der Waals surface area (Å²) in [7, 11) is -5.83. The lowest BCUT2D eigenvalue weighted by Crippen LogP contribution is -2.48. The van der Waals surface area contributed by atoms with E-state index in [4.69, 9.17) is 4.74 Å². The van der Waals surface area contributed by atoms with Gasteiger partial charge in [0.2, 0.25) is 0 Å². The first kappa shape index (κ1) is 19.0. The number of amides is 1. The molecule has 10 heteroatoms. The number of hydrogen-bond acceptors (Lipinski definition) is 5. The molecule has 2 aliphatic rings. The van der Waals surface area contributed by atoms with Crippen LogP contribution in [-0.4, -0.2) is 43.3 Å². The number of alkyl halides is 3. The van der Waals surface area contributed by atoms with Crippen molar-refractivity contribution in [3.05, 3.63) is 12.2 Å². The summed E-state index contributed by atoms with van der Waals surface area (Å²) in [4.78, 5) is 13.2. The van der Waals surface area contributed by atoms with E-state index in [1.165, 1.54) is 0 Å². The topological polar surface area (TPSA) is 72.9 Å². The first-order chi connectivity index (χ1) is 10.8.